The number of aryl methyl sites for hydroxylation is 2. The van der Waals surface area contributed by atoms with Crippen molar-refractivity contribution < 1.29 is 4.79 Å². The Morgan fingerprint density at radius 3 is 2.56 bits per heavy atom. The Hall–Kier alpha value is -2.63. The second-order valence-electron chi connectivity index (χ2n) is 7.26. The predicted molar refractivity (Wildman–Crippen MR) is 109 cm³/mol. The maximum Gasteiger partial charge on any atom is 0.272 e. The number of hydrogen-bond acceptors (Lipinski definition) is 5. The van der Waals surface area contributed by atoms with Gasteiger partial charge in [0, 0.05) is 44.0 Å². The van der Waals surface area contributed by atoms with Crippen LogP contribution in [-0.4, -0.2) is 53.0 Å². The van der Waals surface area contributed by atoms with Crippen molar-refractivity contribution >= 4 is 17.4 Å². The third kappa shape index (κ3) is 4.76. The Morgan fingerprint density at radius 1 is 1.15 bits per heavy atom. The van der Waals surface area contributed by atoms with Crippen LogP contribution in [0.1, 0.15) is 42.1 Å². The van der Waals surface area contributed by atoms with Crippen molar-refractivity contribution in [2.45, 2.75) is 40.2 Å². The van der Waals surface area contributed by atoms with Crippen LogP contribution in [0.3, 0.4) is 0 Å². The molecule has 1 fully saturated rings. The van der Waals surface area contributed by atoms with Crippen LogP contribution in [0.5, 0.6) is 0 Å². The number of carbonyl (C=O) groups is 1. The van der Waals surface area contributed by atoms with Gasteiger partial charge in [0.25, 0.3) is 5.91 Å². The fourth-order valence-electron chi connectivity index (χ4n) is 3.26. The highest BCUT2D eigenvalue weighted by atomic mass is 16.2. The molecule has 0 spiro atoms. The number of anilines is 2. The summed E-state index contributed by atoms with van der Waals surface area (Å²) in [5, 5.41) is 3.33. The van der Waals surface area contributed by atoms with Crippen LogP contribution in [0.15, 0.2) is 30.3 Å². The molecule has 0 aliphatic carbocycles. The minimum atomic E-state index is -0.0170. The summed E-state index contributed by atoms with van der Waals surface area (Å²) in [6.45, 7) is 11.2. The average molecular weight is 367 g/mol. The molecule has 0 radical (unpaired) electrons. The van der Waals surface area contributed by atoms with Crippen molar-refractivity contribution in [3.05, 3.63) is 47.4 Å². The minimum Gasteiger partial charge on any atom is -0.368 e. The molecule has 1 atom stereocenters. The molecule has 2 heterocycles. The van der Waals surface area contributed by atoms with Gasteiger partial charge in [0.2, 0.25) is 0 Å². The monoisotopic (exact) mass is 367 g/mol. The molecule has 1 amide bonds. The molecule has 1 aromatic heterocycles. The molecule has 6 heteroatoms. The first-order valence-electron chi connectivity index (χ1n) is 9.69. The molecule has 1 saturated heterocycles. The fraction of sp³-hybridized carbons (Fsp3) is 0.476. The summed E-state index contributed by atoms with van der Waals surface area (Å²) in [4.78, 5) is 26.0. The van der Waals surface area contributed by atoms with E-state index in [4.69, 9.17) is 0 Å². The number of amides is 1. The maximum absolute atomic E-state index is 12.9. The van der Waals surface area contributed by atoms with Crippen LogP contribution >= 0.6 is 0 Å². The Morgan fingerprint density at radius 2 is 1.89 bits per heavy atom. The Kier molecular flexibility index (Phi) is 5.94. The SMILES string of the molecule is CCC(C)Nc1cc(C(=O)N2CCN(c3cccc(C)c3)CC2)nc(C)n1. The molecule has 1 aromatic carbocycles. The molecule has 1 unspecified atom stereocenters. The molecule has 1 aliphatic heterocycles. The number of piperazine rings is 1. The number of benzene rings is 1. The zero-order valence-electron chi connectivity index (χ0n) is 16.7. The number of rotatable bonds is 5. The van der Waals surface area contributed by atoms with E-state index >= 15 is 0 Å². The molecule has 1 aliphatic rings. The van der Waals surface area contributed by atoms with E-state index in [1.54, 1.807) is 6.07 Å². The molecule has 0 bridgehead atoms. The van der Waals surface area contributed by atoms with Gasteiger partial charge in [-0.2, -0.15) is 0 Å². The van der Waals surface area contributed by atoms with E-state index in [-0.39, 0.29) is 5.91 Å². The van der Waals surface area contributed by atoms with E-state index in [0.29, 0.717) is 30.6 Å². The van der Waals surface area contributed by atoms with Gasteiger partial charge in [-0.1, -0.05) is 19.1 Å². The third-order valence-electron chi connectivity index (χ3n) is 5.00. The summed E-state index contributed by atoms with van der Waals surface area (Å²) in [7, 11) is 0. The van der Waals surface area contributed by atoms with Gasteiger partial charge >= 0.3 is 0 Å². The maximum atomic E-state index is 12.9. The normalized spacial score (nSPS) is 15.6. The van der Waals surface area contributed by atoms with Crippen molar-refractivity contribution in [2.75, 3.05) is 36.4 Å². The van der Waals surface area contributed by atoms with E-state index in [2.05, 4.69) is 65.2 Å². The standard InChI is InChI=1S/C21H29N5O/c1-5-16(3)22-20-14-19(23-17(4)24-20)21(27)26-11-9-25(10-12-26)18-8-6-7-15(2)13-18/h6-8,13-14,16H,5,9-12H2,1-4H3,(H,22,23,24). The van der Waals surface area contributed by atoms with Crippen molar-refractivity contribution in [3.8, 4) is 0 Å². The summed E-state index contributed by atoms with van der Waals surface area (Å²) < 4.78 is 0. The van der Waals surface area contributed by atoms with E-state index in [1.165, 1.54) is 11.3 Å². The molecular weight excluding hydrogens is 338 g/mol. The first kappa shape index (κ1) is 19.1. The highest BCUT2D eigenvalue weighted by Gasteiger charge is 2.24. The third-order valence-corrected chi connectivity index (χ3v) is 5.00. The highest BCUT2D eigenvalue weighted by molar-refractivity contribution is 5.93. The Balaban J connectivity index is 1.67. The minimum absolute atomic E-state index is 0.0170. The van der Waals surface area contributed by atoms with Gasteiger partial charge in [0.1, 0.15) is 17.3 Å². The molecule has 1 N–H and O–H groups in total. The van der Waals surface area contributed by atoms with Crippen LogP contribution in [-0.2, 0) is 0 Å². The van der Waals surface area contributed by atoms with Crippen molar-refractivity contribution in [3.63, 3.8) is 0 Å². The van der Waals surface area contributed by atoms with E-state index < -0.39 is 0 Å². The lowest BCUT2D eigenvalue weighted by molar-refractivity contribution is 0.0740. The molecular formula is C21H29N5O. The Labute approximate surface area is 161 Å². The van der Waals surface area contributed by atoms with Crippen LogP contribution < -0.4 is 10.2 Å². The molecule has 144 valence electrons. The number of nitrogens with zero attached hydrogens (tertiary/aromatic N) is 4. The molecule has 27 heavy (non-hydrogen) atoms. The summed E-state index contributed by atoms with van der Waals surface area (Å²) in [6.07, 6.45) is 0.993. The first-order chi connectivity index (χ1) is 13.0. The number of aromatic nitrogens is 2. The number of nitrogens with one attached hydrogen (secondary N) is 1. The lowest BCUT2D eigenvalue weighted by Crippen LogP contribution is -2.49. The van der Waals surface area contributed by atoms with E-state index in [9.17, 15) is 4.79 Å². The lowest BCUT2D eigenvalue weighted by Gasteiger charge is -2.36. The second kappa shape index (κ2) is 8.37. The van der Waals surface area contributed by atoms with E-state index in [1.807, 2.05) is 11.8 Å². The summed E-state index contributed by atoms with van der Waals surface area (Å²) >= 11 is 0. The largest absolute Gasteiger partial charge is 0.368 e. The van der Waals surface area contributed by atoms with Gasteiger partial charge in [-0.15, -0.1) is 0 Å². The van der Waals surface area contributed by atoms with Crippen LogP contribution in [0.2, 0.25) is 0 Å². The van der Waals surface area contributed by atoms with Gasteiger partial charge in [0.15, 0.2) is 0 Å². The molecule has 0 saturated carbocycles. The number of carbonyl (C=O) groups excluding carboxylic acids is 1. The fourth-order valence-corrected chi connectivity index (χ4v) is 3.26. The van der Waals surface area contributed by atoms with Crippen molar-refractivity contribution in [1.82, 2.24) is 14.9 Å². The summed E-state index contributed by atoms with van der Waals surface area (Å²) in [6, 6.07) is 10.6. The van der Waals surface area contributed by atoms with Crippen LogP contribution in [0.4, 0.5) is 11.5 Å². The van der Waals surface area contributed by atoms with Crippen LogP contribution in [0, 0.1) is 13.8 Å². The molecule has 6 nitrogen and oxygen atoms in total. The smallest absolute Gasteiger partial charge is 0.272 e. The predicted octanol–water partition coefficient (Wildman–Crippen LogP) is 3.27. The van der Waals surface area contributed by atoms with Gasteiger partial charge in [-0.05, 0) is 44.9 Å². The quantitative estimate of drug-likeness (QED) is 0.879. The van der Waals surface area contributed by atoms with Gasteiger partial charge in [-0.25, -0.2) is 9.97 Å². The lowest BCUT2D eigenvalue weighted by atomic mass is 10.2. The van der Waals surface area contributed by atoms with Gasteiger partial charge in [0.05, 0.1) is 0 Å². The van der Waals surface area contributed by atoms with Gasteiger partial charge < -0.3 is 15.1 Å². The first-order valence-corrected chi connectivity index (χ1v) is 9.69. The van der Waals surface area contributed by atoms with Crippen LogP contribution in [0.25, 0.3) is 0 Å². The zero-order chi connectivity index (χ0) is 19.4. The zero-order valence-corrected chi connectivity index (χ0v) is 16.7. The van der Waals surface area contributed by atoms with Crippen molar-refractivity contribution in [2.24, 2.45) is 0 Å². The van der Waals surface area contributed by atoms with E-state index in [0.717, 1.165) is 25.3 Å². The summed E-state index contributed by atoms with van der Waals surface area (Å²) in [5.41, 5.74) is 2.95. The molecule has 2 aromatic rings. The van der Waals surface area contributed by atoms with Crippen molar-refractivity contribution in [1.29, 1.82) is 0 Å². The second-order valence-corrected chi connectivity index (χ2v) is 7.26. The Bertz CT molecular complexity index is 799. The molecule has 3 rings (SSSR count). The topological polar surface area (TPSA) is 61.4 Å². The summed E-state index contributed by atoms with van der Waals surface area (Å²) in [5.74, 6) is 1.32. The highest BCUT2D eigenvalue weighted by Crippen LogP contribution is 2.19. The number of hydrogen-bond donors (Lipinski definition) is 1. The van der Waals surface area contributed by atoms with Gasteiger partial charge in [-0.3, -0.25) is 4.79 Å². The average Bonchev–Trinajstić information content (AvgIpc) is 2.67.